The summed E-state index contributed by atoms with van der Waals surface area (Å²) in [6.07, 6.45) is 0. The van der Waals surface area contributed by atoms with Crippen molar-refractivity contribution in [3.63, 3.8) is 0 Å². The number of hydrogen-bond donors (Lipinski definition) is 2. The Bertz CT molecular complexity index is 1010. The van der Waals surface area contributed by atoms with Crippen molar-refractivity contribution in [3.8, 4) is 17.2 Å². The lowest BCUT2D eigenvalue weighted by Gasteiger charge is -2.13. The monoisotopic (exact) mass is 394 g/mol. The Labute approximate surface area is 170 Å². The molecule has 0 atom stereocenters. The SMILES string of the molecule is COc1cccc(CNCc2c(C(=O)O)c(C)n(-c3ccccc3)c2C)c1OC. The summed E-state index contributed by atoms with van der Waals surface area (Å²) in [4.78, 5) is 12.0. The Morgan fingerprint density at radius 3 is 2.31 bits per heavy atom. The van der Waals surface area contributed by atoms with Crippen molar-refractivity contribution >= 4 is 5.97 Å². The van der Waals surface area contributed by atoms with Gasteiger partial charge in [0, 0.05) is 41.3 Å². The zero-order valence-corrected chi connectivity index (χ0v) is 17.2. The largest absolute Gasteiger partial charge is 0.493 e. The molecule has 0 radical (unpaired) electrons. The number of nitrogens with zero attached hydrogens (tertiary/aromatic N) is 1. The molecule has 6 nitrogen and oxygen atoms in total. The number of carboxylic acid groups (broad SMARTS) is 1. The van der Waals surface area contributed by atoms with Crippen LogP contribution in [0.2, 0.25) is 0 Å². The number of methoxy groups -OCH3 is 2. The second kappa shape index (κ2) is 8.84. The number of rotatable bonds is 8. The summed E-state index contributed by atoms with van der Waals surface area (Å²) in [5, 5.41) is 13.2. The number of aromatic nitrogens is 1. The predicted octanol–water partition coefficient (Wildman–Crippen LogP) is 4.10. The molecule has 2 aromatic carbocycles. The van der Waals surface area contributed by atoms with Crippen molar-refractivity contribution in [2.45, 2.75) is 26.9 Å². The molecule has 0 spiro atoms. The number of ether oxygens (including phenoxy) is 2. The molecule has 0 aliphatic carbocycles. The number of benzene rings is 2. The van der Waals surface area contributed by atoms with Crippen LogP contribution in [-0.2, 0) is 13.1 Å². The van der Waals surface area contributed by atoms with Crippen molar-refractivity contribution < 1.29 is 19.4 Å². The zero-order chi connectivity index (χ0) is 21.0. The van der Waals surface area contributed by atoms with E-state index < -0.39 is 5.97 Å². The average molecular weight is 394 g/mol. The number of carbonyl (C=O) groups is 1. The van der Waals surface area contributed by atoms with Gasteiger partial charge in [0.1, 0.15) is 0 Å². The van der Waals surface area contributed by atoms with Gasteiger partial charge < -0.3 is 24.5 Å². The lowest BCUT2D eigenvalue weighted by atomic mass is 10.1. The Morgan fingerprint density at radius 1 is 0.966 bits per heavy atom. The first-order valence-corrected chi connectivity index (χ1v) is 9.39. The maximum absolute atomic E-state index is 12.0. The molecule has 1 aromatic heterocycles. The van der Waals surface area contributed by atoms with Crippen molar-refractivity contribution in [3.05, 3.63) is 76.6 Å². The highest BCUT2D eigenvalue weighted by molar-refractivity contribution is 5.91. The average Bonchev–Trinajstić information content (AvgIpc) is 2.98. The normalized spacial score (nSPS) is 10.8. The van der Waals surface area contributed by atoms with E-state index in [0.717, 1.165) is 28.2 Å². The molecule has 0 saturated heterocycles. The first-order chi connectivity index (χ1) is 14.0. The number of para-hydroxylation sites is 2. The molecule has 3 aromatic rings. The van der Waals surface area contributed by atoms with Crippen LogP contribution in [0, 0.1) is 13.8 Å². The van der Waals surface area contributed by atoms with Crippen LogP contribution in [0.4, 0.5) is 0 Å². The first-order valence-electron chi connectivity index (χ1n) is 9.39. The second-order valence-corrected chi connectivity index (χ2v) is 6.76. The second-order valence-electron chi connectivity index (χ2n) is 6.76. The number of carboxylic acids is 1. The van der Waals surface area contributed by atoms with Crippen LogP contribution in [0.5, 0.6) is 11.5 Å². The molecule has 0 amide bonds. The predicted molar refractivity (Wildman–Crippen MR) is 112 cm³/mol. The van der Waals surface area contributed by atoms with Gasteiger partial charge in [-0.25, -0.2) is 4.79 Å². The molecule has 0 saturated carbocycles. The van der Waals surface area contributed by atoms with E-state index in [1.807, 2.05) is 66.9 Å². The van der Waals surface area contributed by atoms with Crippen LogP contribution in [0.1, 0.15) is 32.9 Å². The van der Waals surface area contributed by atoms with E-state index in [1.54, 1.807) is 14.2 Å². The summed E-state index contributed by atoms with van der Waals surface area (Å²) in [6, 6.07) is 15.5. The van der Waals surface area contributed by atoms with E-state index in [-0.39, 0.29) is 0 Å². The first kappa shape index (κ1) is 20.5. The molecule has 1 heterocycles. The fourth-order valence-electron chi connectivity index (χ4n) is 3.78. The zero-order valence-electron chi connectivity index (χ0n) is 17.2. The van der Waals surface area contributed by atoms with Crippen LogP contribution in [0.15, 0.2) is 48.5 Å². The highest BCUT2D eigenvalue weighted by Gasteiger charge is 2.23. The van der Waals surface area contributed by atoms with Gasteiger partial charge in [0.25, 0.3) is 0 Å². The molecule has 0 aliphatic rings. The van der Waals surface area contributed by atoms with Gasteiger partial charge in [0.2, 0.25) is 0 Å². The van der Waals surface area contributed by atoms with E-state index >= 15 is 0 Å². The summed E-state index contributed by atoms with van der Waals surface area (Å²) >= 11 is 0. The maximum Gasteiger partial charge on any atom is 0.337 e. The van der Waals surface area contributed by atoms with Crippen molar-refractivity contribution in [2.24, 2.45) is 0 Å². The van der Waals surface area contributed by atoms with Crippen molar-refractivity contribution in [2.75, 3.05) is 14.2 Å². The molecule has 152 valence electrons. The highest BCUT2D eigenvalue weighted by atomic mass is 16.5. The Hall–Kier alpha value is -3.25. The van der Waals surface area contributed by atoms with Gasteiger partial charge in [-0.2, -0.15) is 0 Å². The van der Waals surface area contributed by atoms with Gasteiger partial charge in [0.15, 0.2) is 11.5 Å². The van der Waals surface area contributed by atoms with E-state index in [4.69, 9.17) is 9.47 Å². The number of hydrogen-bond acceptors (Lipinski definition) is 4. The van der Waals surface area contributed by atoms with Crippen LogP contribution >= 0.6 is 0 Å². The van der Waals surface area contributed by atoms with Gasteiger partial charge in [0.05, 0.1) is 19.8 Å². The standard InChI is InChI=1S/C23H26N2O4/c1-15-19(14-24-13-17-9-8-12-20(28-3)22(17)29-4)21(23(26)27)16(2)25(15)18-10-6-5-7-11-18/h5-12,24H,13-14H2,1-4H3,(H,26,27). The molecule has 0 unspecified atom stereocenters. The minimum Gasteiger partial charge on any atom is -0.493 e. The summed E-state index contributed by atoms with van der Waals surface area (Å²) in [6.45, 7) is 4.75. The van der Waals surface area contributed by atoms with Crippen molar-refractivity contribution in [1.29, 1.82) is 0 Å². The van der Waals surface area contributed by atoms with Crippen LogP contribution in [0.3, 0.4) is 0 Å². The minimum absolute atomic E-state index is 0.344. The third kappa shape index (κ3) is 3.98. The van der Waals surface area contributed by atoms with Gasteiger partial charge in [-0.1, -0.05) is 30.3 Å². The van der Waals surface area contributed by atoms with Gasteiger partial charge in [-0.3, -0.25) is 0 Å². The Kier molecular flexibility index (Phi) is 6.24. The summed E-state index contributed by atoms with van der Waals surface area (Å²) in [5.74, 6) is 0.423. The summed E-state index contributed by atoms with van der Waals surface area (Å²) in [7, 11) is 3.21. The number of nitrogens with one attached hydrogen (secondary N) is 1. The van der Waals surface area contributed by atoms with E-state index in [9.17, 15) is 9.90 Å². The lowest BCUT2D eigenvalue weighted by molar-refractivity contribution is 0.0695. The number of aromatic carboxylic acids is 1. The molecule has 0 aliphatic heterocycles. The van der Waals surface area contributed by atoms with Crippen molar-refractivity contribution in [1.82, 2.24) is 9.88 Å². The quantitative estimate of drug-likeness (QED) is 0.602. The van der Waals surface area contributed by atoms with Crippen LogP contribution < -0.4 is 14.8 Å². The van der Waals surface area contributed by atoms with Gasteiger partial charge in [-0.05, 0) is 32.0 Å². The van der Waals surface area contributed by atoms with E-state index in [1.165, 1.54) is 0 Å². The Morgan fingerprint density at radius 2 is 1.69 bits per heavy atom. The highest BCUT2D eigenvalue weighted by Crippen LogP contribution is 2.31. The topological polar surface area (TPSA) is 72.7 Å². The lowest BCUT2D eigenvalue weighted by Crippen LogP contribution is -2.16. The van der Waals surface area contributed by atoms with E-state index in [0.29, 0.717) is 30.2 Å². The molecule has 0 bridgehead atoms. The minimum atomic E-state index is -0.920. The van der Waals surface area contributed by atoms with Crippen LogP contribution in [0.25, 0.3) is 5.69 Å². The van der Waals surface area contributed by atoms with Gasteiger partial charge in [-0.15, -0.1) is 0 Å². The third-order valence-corrected chi connectivity index (χ3v) is 5.10. The molecule has 6 heteroatoms. The smallest absolute Gasteiger partial charge is 0.337 e. The molecule has 2 N–H and O–H groups in total. The summed E-state index contributed by atoms with van der Waals surface area (Å²) in [5.41, 5.74) is 4.65. The maximum atomic E-state index is 12.0. The van der Waals surface area contributed by atoms with Crippen LogP contribution in [-0.4, -0.2) is 29.9 Å². The fraction of sp³-hybridized carbons (Fsp3) is 0.261. The van der Waals surface area contributed by atoms with E-state index in [2.05, 4.69) is 5.32 Å². The molecule has 3 rings (SSSR count). The molecular weight excluding hydrogens is 368 g/mol. The van der Waals surface area contributed by atoms with Gasteiger partial charge >= 0.3 is 5.97 Å². The fourth-order valence-corrected chi connectivity index (χ4v) is 3.78. The molecule has 0 fully saturated rings. The Balaban J connectivity index is 1.90. The molecule has 29 heavy (non-hydrogen) atoms. The third-order valence-electron chi connectivity index (χ3n) is 5.10. The summed E-state index contributed by atoms with van der Waals surface area (Å²) < 4.78 is 12.8. The molecular formula is C23H26N2O4.